The Hall–Kier alpha value is -3.51. The number of hydrogen-bond donors (Lipinski definition) is 0. The van der Waals surface area contributed by atoms with Crippen LogP contribution in [-0.2, 0) is 6.54 Å². The predicted molar refractivity (Wildman–Crippen MR) is 116 cm³/mol. The summed E-state index contributed by atoms with van der Waals surface area (Å²) in [6.45, 7) is 3.13. The molecule has 0 bridgehead atoms. The van der Waals surface area contributed by atoms with Crippen molar-refractivity contribution in [3.63, 3.8) is 0 Å². The fourth-order valence-electron chi connectivity index (χ4n) is 3.79. The number of nitrogens with zero attached hydrogens (tertiary/aromatic N) is 3. The second-order valence-corrected chi connectivity index (χ2v) is 7.40. The molecule has 0 unspecified atom stereocenters. The Morgan fingerprint density at radius 3 is 2.07 bits per heavy atom. The number of nitro groups is 1. The Kier molecular flexibility index (Phi) is 5.86. The van der Waals surface area contributed by atoms with E-state index in [2.05, 4.69) is 4.90 Å². The summed E-state index contributed by atoms with van der Waals surface area (Å²) in [6.07, 6.45) is 0. The molecular weight excluding hydrogens is 378 g/mol. The SMILES string of the molecule is O=C(c1ccc(-c2ccccc2)cc1)N1CCN(Cc2ccccc2[N+](=O)[O-])CC1. The number of nitro benzene ring substituents is 1. The summed E-state index contributed by atoms with van der Waals surface area (Å²) in [6, 6.07) is 24.6. The quantitative estimate of drug-likeness (QED) is 0.474. The molecule has 6 heteroatoms. The van der Waals surface area contributed by atoms with Crippen molar-refractivity contribution < 1.29 is 9.72 Å². The first kappa shape index (κ1) is 19.8. The molecule has 1 fully saturated rings. The molecule has 1 aliphatic rings. The maximum atomic E-state index is 12.9. The van der Waals surface area contributed by atoms with E-state index in [9.17, 15) is 14.9 Å². The van der Waals surface area contributed by atoms with Crippen molar-refractivity contribution in [1.82, 2.24) is 9.80 Å². The Labute approximate surface area is 175 Å². The number of benzene rings is 3. The van der Waals surface area contributed by atoms with Gasteiger partial charge in [-0.2, -0.15) is 0 Å². The molecule has 1 saturated heterocycles. The Morgan fingerprint density at radius 2 is 1.40 bits per heavy atom. The van der Waals surface area contributed by atoms with Crippen LogP contribution in [0.25, 0.3) is 11.1 Å². The van der Waals surface area contributed by atoms with Crippen molar-refractivity contribution in [2.75, 3.05) is 26.2 Å². The van der Waals surface area contributed by atoms with E-state index >= 15 is 0 Å². The van der Waals surface area contributed by atoms with Crippen molar-refractivity contribution >= 4 is 11.6 Å². The van der Waals surface area contributed by atoms with Gasteiger partial charge in [0.25, 0.3) is 11.6 Å². The van der Waals surface area contributed by atoms with E-state index in [1.807, 2.05) is 65.6 Å². The summed E-state index contributed by atoms with van der Waals surface area (Å²) in [4.78, 5) is 27.8. The highest BCUT2D eigenvalue weighted by Gasteiger charge is 2.24. The van der Waals surface area contributed by atoms with E-state index in [0.717, 1.165) is 11.1 Å². The van der Waals surface area contributed by atoms with Gasteiger partial charge in [0.15, 0.2) is 0 Å². The van der Waals surface area contributed by atoms with Crippen molar-refractivity contribution in [3.8, 4) is 11.1 Å². The lowest BCUT2D eigenvalue weighted by Gasteiger charge is -2.34. The van der Waals surface area contributed by atoms with Crippen LogP contribution >= 0.6 is 0 Å². The molecule has 1 heterocycles. The van der Waals surface area contributed by atoms with E-state index in [4.69, 9.17) is 0 Å². The van der Waals surface area contributed by atoms with Crippen LogP contribution in [0.1, 0.15) is 15.9 Å². The molecular formula is C24H23N3O3. The monoisotopic (exact) mass is 401 g/mol. The van der Waals surface area contributed by atoms with Gasteiger partial charge in [-0.05, 0) is 23.3 Å². The number of carbonyl (C=O) groups is 1. The third-order valence-electron chi connectivity index (χ3n) is 5.48. The molecule has 6 nitrogen and oxygen atoms in total. The topological polar surface area (TPSA) is 66.7 Å². The Bertz CT molecular complexity index is 1030. The van der Waals surface area contributed by atoms with Gasteiger partial charge in [0.1, 0.15) is 0 Å². The average molecular weight is 401 g/mol. The summed E-state index contributed by atoms with van der Waals surface area (Å²) in [7, 11) is 0. The van der Waals surface area contributed by atoms with Crippen LogP contribution in [0, 0.1) is 10.1 Å². The van der Waals surface area contributed by atoms with Gasteiger partial charge in [0.2, 0.25) is 0 Å². The lowest BCUT2D eigenvalue weighted by molar-refractivity contribution is -0.385. The zero-order valence-electron chi connectivity index (χ0n) is 16.6. The maximum Gasteiger partial charge on any atom is 0.273 e. The van der Waals surface area contributed by atoms with Crippen LogP contribution in [0.4, 0.5) is 5.69 Å². The first-order chi connectivity index (χ1) is 14.6. The fourth-order valence-corrected chi connectivity index (χ4v) is 3.79. The number of hydrogen-bond acceptors (Lipinski definition) is 4. The van der Waals surface area contributed by atoms with Crippen molar-refractivity contribution in [2.24, 2.45) is 0 Å². The van der Waals surface area contributed by atoms with E-state index in [0.29, 0.717) is 43.9 Å². The summed E-state index contributed by atoms with van der Waals surface area (Å²) in [5, 5.41) is 11.2. The molecule has 4 rings (SSSR count). The van der Waals surface area contributed by atoms with Crippen LogP contribution in [0.3, 0.4) is 0 Å². The number of rotatable bonds is 5. The standard InChI is InChI=1S/C24H23N3O3/c28-24(21-12-10-20(11-13-21)19-6-2-1-3-7-19)26-16-14-25(15-17-26)18-22-8-4-5-9-23(22)27(29)30/h1-13H,14-18H2. The molecule has 0 radical (unpaired) electrons. The molecule has 152 valence electrons. The van der Waals surface area contributed by atoms with Crippen LogP contribution < -0.4 is 0 Å². The Morgan fingerprint density at radius 1 is 0.800 bits per heavy atom. The molecule has 0 aliphatic carbocycles. The van der Waals surface area contributed by atoms with Gasteiger partial charge in [-0.1, -0.05) is 60.7 Å². The van der Waals surface area contributed by atoms with E-state index < -0.39 is 0 Å². The van der Waals surface area contributed by atoms with Crippen molar-refractivity contribution in [3.05, 3.63) is 100 Å². The number of piperazine rings is 1. The second kappa shape index (κ2) is 8.88. The minimum atomic E-state index is -0.339. The van der Waals surface area contributed by atoms with E-state index in [-0.39, 0.29) is 16.5 Å². The first-order valence-corrected chi connectivity index (χ1v) is 10.0. The smallest absolute Gasteiger partial charge is 0.273 e. The largest absolute Gasteiger partial charge is 0.336 e. The molecule has 0 spiro atoms. The molecule has 1 amide bonds. The maximum absolute atomic E-state index is 12.9. The van der Waals surface area contributed by atoms with Gasteiger partial charge in [0, 0.05) is 49.9 Å². The summed E-state index contributed by atoms with van der Waals surface area (Å²) < 4.78 is 0. The van der Waals surface area contributed by atoms with E-state index in [1.165, 1.54) is 6.07 Å². The molecule has 3 aromatic carbocycles. The highest BCUT2D eigenvalue weighted by atomic mass is 16.6. The Balaban J connectivity index is 1.36. The molecule has 0 N–H and O–H groups in total. The normalized spacial score (nSPS) is 14.5. The number of amides is 1. The highest BCUT2D eigenvalue weighted by molar-refractivity contribution is 5.94. The molecule has 3 aromatic rings. The van der Waals surface area contributed by atoms with Gasteiger partial charge in [0.05, 0.1) is 4.92 Å². The first-order valence-electron chi connectivity index (χ1n) is 10.0. The third-order valence-corrected chi connectivity index (χ3v) is 5.48. The van der Waals surface area contributed by atoms with E-state index in [1.54, 1.807) is 12.1 Å². The summed E-state index contributed by atoms with van der Waals surface area (Å²) >= 11 is 0. The minimum Gasteiger partial charge on any atom is -0.336 e. The van der Waals surface area contributed by atoms with Gasteiger partial charge < -0.3 is 4.90 Å². The zero-order valence-corrected chi connectivity index (χ0v) is 16.6. The van der Waals surface area contributed by atoms with Gasteiger partial charge in [-0.3, -0.25) is 19.8 Å². The zero-order chi connectivity index (χ0) is 20.9. The third kappa shape index (κ3) is 4.39. The van der Waals surface area contributed by atoms with Gasteiger partial charge in [-0.25, -0.2) is 0 Å². The van der Waals surface area contributed by atoms with Crippen LogP contribution in [0.5, 0.6) is 0 Å². The predicted octanol–water partition coefficient (Wildman–Crippen LogP) is 4.22. The second-order valence-electron chi connectivity index (χ2n) is 7.40. The fraction of sp³-hybridized carbons (Fsp3) is 0.208. The summed E-state index contributed by atoms with van der Waals surface area (Å²) in [5.41, 5.74) is 3.75. The lowest BCUT2D eigenvalue weighted by atomic mass is 10.0. The van der Waals surface area contributed by atoms with Crippen LogP contribution in [-0.4, -0.2) is 46.8 Å². The van der Waals surface area contributed by atoms with Gasteiger partial charge >= 0.3 is 0 Å². The molecule has 0 saturated carbocycles. The molecule has 30 heavy (non-hydrogen) atoms. The lowest BCUT2D eigenvalue weighted by Crippen LogP contribution is -2.48. The molecule has 0 aromatic heterocycles. The number of para-hydroxylation sites is 1. The van der Waals surface area contributed by atoms with Crippen LogP contribution in [0.2, 0.25) is 0 Å². The number of carbonyl (C=O) groups excluding carboxylic acids is 1. The highest BCUT2D eigenvalue weighted by Crippen LogP contribution is 2.22. The van der Waals surface area contributed by atoms with Crippen molar-refractivity contribution in [1.29, 1.82) is 0 Å². The van der Waals surface area contributed by atoms with Crippen LogP contribution in [0.15, 0.2) is 78.9 Å². The van der Waals surface area contributed by atoms with Gasteiger partial charge in [-0.15, -0.1) is 0 Å². The molecule has 0 atom stereocenters. The summed E-state index contributed by atoms with van der Waals surface area (Å²) in [5.74, 6) is 0.0277. The molecule has 1 aliphatic heterocycles. The van der Waals surface area contributed by atoms with Crippen molar-refractivity contribution in [2.45, 2.75) is 6.54 Å². The average Bonchev–Trinajstić information content (AvgIpc) is 2.80. The minimum absolute atomic E-state index is 0.0277.